The van der Waals surface area contributed by atoms with E-state index in [0.717, 1.165) is 25.2 Å². The molecule has 0 aliphatic carbocycles. The predicted octanol–water partition coefficient (Wildman–Crippen LogP) is 1.86. The maximum atomic E-state index is 13.0. The third-order valence-electron chi connectivity index (χ3n) is 5.52. The number of rotatable bonds is 7. The van der Waals surface area contributed by atoms with Crippen LogP contribution in [0.1, 0.15) is 37.2 Å². The average molecular weight is 404 g/mol. The van der Waals surface area contributed by atoms with Crippen LogP contribution in [0.5, 0.6) is 0 Å². The minimum absolute atomic E-state index is 0.369. The Kier molecular flexibility index (Phi) is 6.37. The Morgan fingerprint density at radius 3 is 2.39 bits per heavy atom. The number of hydrogen-bond donors (Lipinski definition) is 1. The Labute approximate surface area is 168 Å². The van der Waals surface area contributed by atoms with Crippen LogP contribution in [-0.2, 0) is 16.7 Å². The van der Waals surface area contributed by atoms with Crippen LogP contribution in [-0.4, -0.2) is 48.7 Å². The van der Waals surface area contributed by atoms with Crippen LogP contribution >= 0.6 is 0 Å². The minimum atomic E-state index is -3.50. The lowest BCUT2D eigenvalue weighted by Gasteiger charge is -2.24. The molecular formula is C21H31N4O2S+. The molecule has 28 heavy (non-hydrogen) atoms. The Morgan fingerprint density at radius 2 is 1.82 bits per heavy atom. The van der Waals surface area contributed by atoms with E-state index in [9.17, 15) is 8.42 Å². The fourth-order valence-corrected chi connectivity index (χ4v) is 5.78. The molecule has 0 amide bonds. The van der Waals surface area contributed by atoms with Crippen molar-refractivity contribution in [3.63, 3.8) is 0 Å². The van der Waals surface area contributed by atoms with Gasteiger partial charge in [-0.2, -0.15) is 9.40 Å². The molecule has 1 atom stereocenters. The Hall–Kier alpha value is -1.96. The summed E-state index contributed by atoms with van der Waals surface area (Å²) < 4.78 is 29.4. The molecule has 3 rings (SSSR count). The summed E-state index contributed by atoms with van der Waals surface area (Å²) in [6.07, 6.45) is 3.32. The lowest BCUT2D eigenvalue weighted by molar-refractivity contribution is -0.918. The van der Waals surface area contributed by atoms with E-state index in [1.807, 2.05) is 31.5 Å². The summed E-state index contributed by atoms with van der Waals surface area (Å²) in [5.74, 6) is 0. The molecule has 7 heteroatoms. The predicted molar refractivity (Wildman–Crippen MR) is 112 cm³/mol. The van der Waals surface area contributed by atoms with Crippen LogP contribution in [0.4, 0.5) is 0 Å². The van der Waals surface area contributed by atoms with E-state index in [-0.39, 0.29) is 0 Å². The number of benzene rings is 1. The number of nitrogens with zero attached hydrogens (tertiary/aromatic N) is 3. The molecule has 1 unspecified atom stereocenters. The third kappa shape index (κ3) is 4.06. The van der Waals surface area contributed by atoms with Gasteiger partial charge in [0, 0.05) is 19.5 Å². The van der Waals surface area contributed by atoms with Gasteiger partial charge in [-0.25, -0.2) is 13.1 Å². The van der Waals surface area contributed by atoms with Gasteiger partial charge in [-0.1, -0.05) is 44.2 Å². The topological polar surface area (TPSA) is 59.6 Å². The number of aromatic nitrogens is 2. The second-order valence-corrected chi connectivity index (χ2v) is 9.17. The molecule has 1 aliphatic heterocycles. The zero-order valence-corrected chi connectivity index (χ0v) is 18.1. The van der Waals surface area contributed by atoms with E-state index in [1.165, 1.54) is 20.3 Å². The number of aryl methyl sites for hydroxylation is 1. The molecule has 2 heterocycles. The second-order valence-electron chi connectivity index (χ2n) is 7.30. The van der Waals surface area contributed by atoms with Crippen LogP contribution < -0.4 is 4.90 Å². The molecule has 152 valence electrons. The Bertz CT molecular complexity index is 944. The summed E-state index contributed by atoms with van der Waals surface area (Å²) in [5.41, 5.74) is 4.00. The summed E-state index contributed by atoms with van der Waals surface area (Å²) >= 11 is 0. The van der Waals surface area contributed by atoms with Crippen molar-refractivity contribution in [2.24, 2.45) is 0 Å². The smallest absolute Gasteiger partial charge is 0.246 e. The monoisotopic (exact) mass is 403 g/mol. The van der Waals surface area contributed by atoms with Gasteiger partial charge in [-0.3, -0.25) is 0 Å². The highest BCUT2D eigenvalue weighted by Crippen LogP contribution is 2.23. The van der Waals surface area contributed by atoms with Gasteiger partial charge in [0.05, 0.1) is 24.5 Å². The molecule has 0 fully saturated rings. The summed E-state index contributed by atoms with van der Waals surface area (Å²) in [5, 5.41) is 4.57. The van der Waals surface area contributed by atoms with Crippen molar-refractivity contribution in [2.75, 3.05) is 26.2 Å². The van der Waals surface area contributed by atoms with E-state index in [2.05, 4.69) is 35.4 Å². The zero-order chi connectivity index (χ0) is 20.3. The normalized spacial score (nSPS) is 17.8. The SMILES string of the molecule is CCN(CC)S(=O)(=O)c1c(C)nn(C[NH+]2CC=C(c3ccccc3)CC2)c1C. The quantitative estimate of drug-likeness (QED) is 0.768. The summed E-state index contributed by atoms with van der Waals surface area (Å²) in [6, 6.07) is 10.5. The molecule has 0 saturated carbocycles. The molecule has 0 radical (unpaired) electrons. The molecule has 2 aromatic rings. The van der Waals surface area contributed by atoms with Crippen molar-refractivity contribution < 1.29 is 13.3 Å². The van der Waals surface area contributed by atoms with Gasteiger partial charge in [-0.05, 0) is 31.1 Å². The minimum Gasteiger partial charge on any atom is -0.313 e. The van der Waals surface area contributed by atoms with Gasteiger partial charge in [0.15, 0.2) is 6.67 Å². The number of nitrogens with one attached hydrogen (secondary N) is 1. The highest BCUT2D eigenvalue weighted by atomic mass is 32.2. The summed E-state index contributed by atoms with van der Waals surface area (Å²) in [7, 11) is -3.50. The molecule has 0 bridgehead atoms. The van der Waals surface area contributed by atoms with Crippen LogP contribution in [0.3, 0.4) is 0 Å². The van der Waals surface area contributed by atoms with Gasteiger partial charge in [-0.15, -0.1) is 0 Å². The van der Waals surface area contributed by atoms with Gasteiger partial charge in [0.1, 0.15) is 4.90 Å². The molecule has 1 N–H and O–H groups in total. The molecule has 6 nitrogen and oxygen atoms in total. The van der Waals surface area contributed by atoms with Crippen LogP contribution in [0.2, 0.25) is 0 Å². The average Bonchev–Trinajstić information content (AvgIpc) is 2.97. The maximum Gasteiger partial charge on any atom is 0.246 e. The summed E-state index contributed by atoms with van der Waals surface area (Å²) in [4.78, 5) is 1.75. The molecule has 0 spiro atoms. The molecular weight excluding hydrogens is 372 g/mol. The fraction of sp³-hybridized carbons (Fsp3) is 0.476. The van der Waals surface area contributed by atoms with E-state index >= 15 is 0 Å². The lowest BCUT2D eigenvalue weighted by Crippen LogP contribution is -3.11. The number of sulfonamides is 1. The Balaban J connectivity index is 1.77. The van der Waals surface area contributed by atoms with E-state index in [4.69, 9.17) is 0 Å². The Morgan fingerprint density at radius 1 is 1.14 bits per heavy atom. The molecule has 1 aliphatic rings. The van der Waals surface area contributed by atoms with Crippen molar-refractivity contribution >= 4 is 15.6 Å². The molecule has 1 aromatic carbocycles. The first-order chi connectivity index (χ1) is 13.4. The number of hydrogen-bond acceptors (Lipinski definition) is 3. The van der Waals surface area contributed by atoms with Crippen LogP contribution in [0.25, 0.3) is 5.57 Å². The summed E-state index contributed by atoms with van der Waals surface area (Å²) in [6.45, 7) is 10.9. The largest absolute Gasteiger partial charge is 0.313 e. The van der Waals surface area contributed by atoms with Crippen molar-refractivity contribution in [1.82, 2.24) is 14.1 Å². The van der Waals surface area contributed by atoms with E-state index in [0.29, 0.717) is 30.3 Å². The highest BCUT2D eigenvalue weighted by molar-refractivity contribution is 7.89. The molecule has 1 aromatic heterocycles. The first-order valence-electron chi connectivity index (χ1n) is 10.0. The zero-order valence-electron chi connectivity index (χ0n) is 17.3. The fourth-order valence-electron chi connectivity index (χ4n) is 3.95. The van der Waals surface area contributed by atoms with E-state index < -0.39 is 10.0 Å². The van der Waals surface area contributed by atoms with Crippen LogP contribution in [0, 0.1) is 13.8 Å². The van der Waals surface area contributed by atoms with Crippen molar-refractivity contribution in [3.05, 3.63) is 53.4 Å². The van der Waals surface area contributed by atoms with Crippen molar-refractivity contribution in [1.29, 1.82) is 0 Å². The van der Waals surface area contributed by atoms with Gasteiger partial charge < -0.3 is 4.90 Å². The second kappa shape index (κ2) is 8.59. The third-order valence-corrected chi connectivity index (χ3v) is 7.82. The van der Waals surface area contributed by atoms with Crippen molar-refractivity contribution in [3.8, 4) is 0 Å². The lowest BCUT2D eigenvalue weighted by atomic mass is 10.00. The molecule has 0 saturated heterocycles. The highest BCUT2D eigenvalue weighted by Gasteiger charge is 2.30. The van der Waals surface area contributed by atoms with Gasteiger partial charge in [0.25, 0.3) is 0 Å². The maximum absolute atomic E-state index is 13.0. The van der Waals surface area contributed by atoms with Gasteiger partial charge >= 0.3 is 0 Å². The number of quaternary nitrogens is 1. The standard InChI is InChI=1S/C21H30N4O2S/c1-5-24(6-2)28(26,27)21-17(3)22-25(18(21)4)16-23-14-12-20(13-15-23)19-10-8-7-9-11-19/h7-12H,5-6,13-16H2,1-4H3/p+1. The van der Waals surface area contributed by atoms with E-state index in [1.54, 1.807) is 6.92 Å². The van der Waals surface area contributed by atoms with Crippen LogP contribution in [0.15, 0.2) is 41.3 Å². The first kappa shape index (κ1) is 20.8. The first-order valence-corrected chi connectivity index (χ1v) is 11.4. The van der Waals surface area contributed by atoms with Gasteiger partial charge in [0.2, 0.25) is 10.0 Å². The van der Waals surface area contributed by atoms with Crippen molar-refractivity contribution in [2.45, 2.75) is 45.7 Å².